The van der Waals surface area contributed by atoms with E-state index >= 15 is 0 Å². The Kier molecular flexibility index (Phi) is 4.54. The fourth-order valence-electron chi connectivity index (χ4n) is 1.85. The first kappa shape index (κ1) is 13.6. The molecule has 1 N–H and O–H groups in total. The summed E-state index contributed by atoms with van der Waals surface area (Å²) in [6.45, 7) is 0.384. The molecule has 0 spiro atoms. The van der Waals surface area contributed by atoms with Gasteiger partial charge in [-0.15, -0.1) is 0 Å². The Morgan fingerprint density at radius 2 is 2.16 bits per heavy atom. The lowest BCUT2D eigenvalue weighted by atomic mass is 10.2. The Labute approximate surface area is 111 Å². The molecule has 0 saturated heterocycles. The minimum Gasteiger partial charge on any atom is -0.458 e. The molecule has 5 heteroatoms. The molecule has 0 bridgehead atoms. The smallest absolute Gasteiger partial charge is 0.246 e. The SMILES string of the molecule is COCC(=O)NC[C@@H](OC)c1cc2ccccc2o1. The van der Waals surface area contributed by atoms with Crippen LogP contribution in [0.1, 0.15) is 11.9 Å². The minimum absolute atomic E-state index is 0.0383. The van der Waals surface area contributed by atoms with Crippen LogP contribution in [0.3, 0.4) is 0 Å². The Morgan fingerprint density at radius 3 is 2.84 bits per heavy atom. The number of ether oxygens (including phenoxy) is 2. The summed E-state index contributed by atoms with van der Waals surface area (Å²) >= 11 is 0. The monoisotopic (exact) mass is 263 g/mol. The van der Waals surface area contributed by atoms with Gasteiger partial charge in [0.05, 0.1) is 6.54 Å². The lowest BCUT2D eigenvalue weighted by molar-refractivity contribution is -0.125. The number of benzene rings is 1. The van der Waals surface area contributed by atoms with Crippen molar-refractivity contribution in [3.63, 3.8) is 0 Å². The van der Waals surface area contributed by atoms with Crippen molar-refractivity contribution in [3.05, 3.63) is 36.1 Å². The molecule has 102 valence electrons. The van der Waals surface area contributed by atoms with Crippen LogP contribution in [0.5, 0.6) is 0 Å². The molecule has 0 saturated carbocycles. The van der Waals surface area contributed by atoms with Gasteiger partial charge in [0.15, 0.2) is 0 Å². The van der Waals surface area contributed by atoms with E-state index in [1.54, 1.807) is 7.11 Å². The van der Waals surface area contributed by atoms with Gasteiger partial charge in [-0.2, -0.15) is 0 Å². The molecule has 19 heavy (non-hydrogen) atoms. The molecule has 1 aromatic carbocycles. The predicted molar refractivity (Wildman–Crippen MR) is 70.8 cm³/mol. The van der Waals surface area contributed by atoms with Crippen LogP contribution >= 0.6 is 0 Å². The molecule has 1 aromatic heterocycles. The summed E-state index contributed by atoms with van der Waals surface area (Å²) in [6.07, 6.45) is -0.312. The van der Waals surface area contributed by atoms with E-state index in [4.69, 9.17) is 13.9 Å². The summed E-state index contributed by atoms with van der Waals surface area (Å²) in [6, 6.07) is 9.65. The minimum atomic E-state index is -0.312. The van der Waals surface area contributed by atoms with E-state index in [1.165, 1.54) is 7.11 Å². The summed E-state index contributed by atoms with van der Waals surface area (Å²) in [5.41, 5.74) is 0.808. The molecule has 0 unspecified atom stereocenters. The molecular weight excluding hydrogens is 246 g/mol. The first-order chi connectivity index (χ1) is 9.24. The average Bonchev–Trinajstić information content (AvgIpc) is 2.83. The van der Waals surface area contributed by atoms with Gasteiger partial charge in [-0.1, -0.05) is 18.2 Å². The Hall–Kier alpha value is -1.85. The third-order valence-electron chi connectivity index (χ3n) is 2.81. The van der Waals surface area contributed by atoms with Gasteiger partial charge in [0.1, 0.15) is 24.1 Å². The van der Waals surface area contributed by atoms with Crippen LogP contribution in [-0.4, -0.2) is 33.3 Å². The zero-order valence-corrected chi connectivity index (χ0v) is 11.0. The van der Waals surface area contributed by atoms with Crippen LogP contribution in [0.2, 0.25) is 0 Å². The largest absolute Gasteiger partial charge is 0.458 e. The molecule has 5 nitrogen and oxygen atoms in total. The number of carbonyl (C=O) groups excluding carboxylic acids is 1. The third-order valence-corrected chi connectivity index (χ3v) is 2.81. The van der Waals surface area contributed by atoms with Crippen molar-refractivity contribution in [3.8, 4) is 0 Å². The quantitative estimate of drug-likeness (QED) is 0.864. The highest BCUT2D eigenvalue weighted by Gasteiger charge is 2.16. The van der Waals surface area contributed by atoms with Crippen molar-refractivity contribution in [2.24, 2.45) is 0 Å². The molecule has 0 aliphatic heterocycles. The Bertz CT molecular complexity index is 516. The Balaban J connectivity index is 2.06. The van der Waals surface area contributed by atoms with Gasteiger partial charge in [-0.25, -0.2) is 0 Å². The summed E-state index contributed by atoms with van der Waals surface area (Å²) in [5, 5.41) is 3.74. The van der Waals surface area contributed by atoms with Gasteiger partial charge in [-0.05, 0) is 12.1 Å². The maximum atomic E-state index is 11.3. The molecule has 2 aromatic rings. The molecule has 0 radical (unpaired) electrons. The van der Waals surface area contributed by atoms with Crippen LogP contribution in [0.4, 0.5) is 0 Å². The van der Waals surface area contributed by atoms with E-state index in [1.807, 2.05) is 30.3 Å². The number of para-hydroxylation sites is 1. The topological polar surface area (TPSA) is 60.7 Å². The zero-order chi connectivity index (χ0) is 13.7. The van der Waals surface area contributed by atoms with Crippen molar-refractivity contribution in [2.45, 2.75) is 6.10 Å². The number of hydrogen-bond donors (Lipinski definition) is 1. The number of fused-ring (bicyclic) bond motifs is 1. The van der Waals surface area contributed by atoms with Gasteiger partial charge in [-0.3, -0.25) is 4.79 Å². The second-order valence-electron chi connectivity index (χ2n) is 4.15. The van der Waals surface area contributed by atoms with E-state index in [0.29, 0.717) is 12.3 Å². The standard InChI is InChI=1S/C14H17NO4/c1-17-9-14(16)15-8-13(18-2)12-7-10-5-3-4-6-11(10)19-12/h3-7,13H,8-9H2,1-2H3,(H,15,16)/t13-/m1/s1. The Morgan fingerprint density at radius 1 is 1.37 bits per heavy atom. The van der Waals surface area contributed by atoms with Crippen LogP contribution in [-0.2, 0) is 14.3 Å². The van der Waals surface area contributed by atoms with E-state index < -0.39 is 0 Å². The lowest BCUT2D eigenvalue weighted by Crippen LogP contribution is -2.31. The number of methoxy groups -OCH3 is 2. The summed E-state index contributed by atoms with van der Waals surface area (Å²) in [4.78, 5) is 11.3. The average molecular weight is 263 g/mol. The highest BCUT2D eigenvalue weighted by molar-refractivity contribution is 5.78. The number of rotatable bonds is 6. The van der Waals surface area contributed by atoms with Crippen LogP contribution in [0.15, 0.2) is 34.7 Å². The van der Waals surface area contributed by atoms with Crippen molar-refractivity contribution in [2.75, 3.05) is 27.4 Å². The van der Waals surface area contributed by atoms with Crippen molar-refractivity contribution in [1.29, 1.82) is 0 Å². The number of amides is 1. The zero-order valence-electron chi connectivity index (χ0n) is 11.0. The van der Waals surface area contributed by atoms with E-state index in [0.717, 1.165) is 11.0 Å². The molecule has 0 fully saturated rings. The first-order valence-electron chi connectivity index (χ1n) is 6.01. The maximum Gasteiger partial charge on any atom is 0.246 e. The second kappa shape index (κ2) is 6.36. The van der Waals surface area contributed by atoms with Gasteiger partial charge >= 0.3 is 0 Å². The summed E-state index contributed by atoms with van der Waals surface area (Å²) in [7, 11) is 3.06. The number of furan rings is 1. The molecular formula is C14H17NO4. The molecule has 0 aliphatic rings. The number of hydrogen-bond acceptors (Lipinski definition) is 4. The van der Waals surface area contributed by atoms with E-state index in [9.17, 15) is 4.79 Å². The fraction of sp³-hybridized carbons (Fsp3) is 0.357. The molecule has 0 aliphatic carbocycles. The van der Waals surface area contributed by atoms with Gasteiger partial charge in [0.2, 0.25) is 5.91 Å². The highest BCUT2D eigenvalue weighted by atomic mass is 16.5. The van der Waals surface area contributed by atoms with Gasteiger partial charge in [0.25, 0.3) is 0 Å². The van der Waals surface area contributed by atoms with Crippen LogP contribution in [0, 0.1) is 0 Å². The van der Waals surface area contributed by atoms with Crippen molar-refractivity contribution in [1.82, 2.24) is 5.32 Å². The molecule has 2 rings (SSSR count). The first-order valence-corrected chi connectivity index (χ1v) is 6.01. The maximum absolute atomic E-state index is 11.3. The third kappa shape index (κ3) is 3.33. The van der Waals surface area contributed by atoms with Gasteiger partial charge in [0, 0.05) is 19.6 Å². The molecule has 1 atom stereocenters. The number of nitrogens with one attached hydrogen (secondary N) is 1. The second-order valence-corrected chi connectivity index (χ2v) is 4.15. The van der Waals surface area contributed by atoms with Crippen LogP contribution < -0.4 is 5.32 Å². The molecule has 1 amide bonds. The summed E-state index contributed by atoms with van der Waals surface area (Å²) < 4.78 is 15.8. The van der Waals surface area contributed by atoms with E-state index in [-0.39, 0.29) is 18.6 Å². The van der Waals surface area contributed by atoms with E-state index in [2.05, 4.69) is 5.32 Å². The van der Waals surface area contributed by atoms with Crippen LogP contribution in [0.25, 0.3) is 11.0 Å². The van der Waals surface area contributed by atoms with Crippen molar-refractivity contribution >= 4 is 16.9 Å². The number of carbonyl (C=O) groups is 1. The van der Waals surface area contributed by atoms with Crippen molar-refractivity contribution < 1.29 is 18.7 Å². The molecule has 1 heterocycles. The predicted octanol–water partition coefficient (Wildman–Crippen LogP) is 1.88. The fourth-order valence-corrected chi connectivity index (χ4v) is 1.85. The normalized spacial score (nSPS) is 12.5. The summed E-state index contributed by atoms with van der Waals surface area (Å²) in [5.74, 6) is 0.516. The van der Waals surface area contributed by atoms with Gasteiger partial charge < -0.3 is 19.2 Å². The lowest BCUT2D eigenvalue weighted by Gasteiger charge is -2.13. The highest BCUT2D eigenvalue weighted by Crippen LogP contribution is 2.25.